The van der Waals surface area contributed by atoms with Gasteiger partial charge in [0.1, 0.15) is 5.76 Å². The molecule has 0 spiro atoms. The molecule has 1 unspecified atom stereocenters. The number of hydrogen-bond donors (Lipinski definition) is 1. The highest BCUT2D eigenvalue weighted by molar-refractivity contribution is 6.19. The number of carbonyl (C=O) groups is 1. The van der Waals surface area contributed by atoms with Gasteiger partial charge in [0, 0.05) is 23.7 Å². The van der Waals surface area contributed by atoms with E-state index in [1.54, 1.807) is 18.3 Å². The second-order valence-corrected chi connectivity index (χ2v) is 6.41. The molecule has 3 nitrogen and oxygen atoms in total. The number of aliphatic hydroxyl groups is 1. The first-order valence-electron chi connectivity index (χ1n) is 8.40. The summed E-state index contributed by atoms with van der Waals surface area (Å²) in [6.07, 6.45) is 9.83. The zero-order valence-corrected chi connectivity index (χ0v) is 14.5. The first-order valence-corrected chi connectivity index (χ1v) is 8.40. The van der Waals surface area contributed by atoms with E-state index in [0.717, 1.165) is 0 Å². The smallest absolute Gasteiger partial charge is 0.175 e. The third-order valence-corrected chi connectivity index (χ3v) is 4.29. The maximum Gasteiger partial charge on any atom is 0.175 e. The minimum atomic E-state index is -0.253. The minimum Gasteiger partial charge on any atom is -0.507 e. The molecule has 1 aromatic rings. The van der Waals surface area contributed by atoms with Gasteiger partial charge in [-0.15, -0.1) is 0 Å². The third kappa shape index (κ3) is 4.54. The summed E-state index contributed by atoms with van der Waals surface area (Å²) in [5, 5.41) is 10.7. The van der Waals surface area contributed by atoms with Crippen molar-refractivity contribution in [1.29, 1.82) is 0 Å². The fourth-order valence-corrected chi connectivity index (χ4v) is 2.33. The number of hydrogen-bond acceptors (Lipinski definition) is 3. The summed E-state index contributed by atoms with van der Waals surface area (Å²) in [7, 11) is 0. The second kappa shape index (κ2) is 8.44. The molecular weight excluding hydrogens is 298 g/mol. The van der Waals surface area contributed by atoms with E-state index in [1.165, 1.54) is 0 Å². The Balaban J connectivity index is 2.39. The normalized spacial score (nSPS) is 19.6. The van der Waals surface area contributed by atoms with Gasteiger partial charge in [0.15, 0.2) is 5.78 Å². The van der Waals surface area contributed by atoms with E-state index in [4.69, 9.17) is 0 Å². The lowest BCUT2D eigenvalue weighted by molar-refractivity contribution is -0.117. The van der Waals surface area contributed by atoms with Crippen molar-refractivity contribution in [2.45, 2.75) is 33.2 Å². The van der Waals surface area contributed by atoms with Crippen LogP contribution in [0.5, 0.6) is 0 Å². The Morgan fingerprint density at radius 3 is 2.50 bits per heavy atom. The molecule has 1 aliphatic rings. The van der Waals surface area contributed by atoms with Gasteiger partial charge in [-0.3, -0.25) is 9.79 Å². The lowest BCUT2D eigenvalue weighted by atomic mass is 9.90. The van der Waals surface area contributed by atoms with Crippen molar-refractivity contribution in [2.75, 3.05) is 0 Å². The SMILES string of the molecule is CC(C)[C@@H](C)N=CC(C(=O)C1C=CC=CC1)=C(O)c1ccccc1. The lowest BCUT2D eigenvalue weighted by Crippen LogP contribution is -2.19. The molecule has 2 rings (SSSR count). The van der Waals surface area contributed by atoms with Crippen molar-refractivity contribution < 1.29 is 9.90 Å². The van der Waals surface area contributed by atoms with Crippen molar-refractivity contribution in [3.8, 4) is 0 Å². The van der Waals surface area contributed by atoms with E-state index >= 15 is 0 Å². The number of carbonyl (C=O) groups excluding carboxylic acids is 1. The van der Waals surface area contributed by atoms with E-state index in [2.05, 4.69) is 18.8 Å². The highest BCUT2D eigenvalue weighted by atomic mass is 16.3. The molecule has 2 atom stereocenters. The maximum absolute atomic E-state index is 12.9. The van der Waals surface area contributed by atoms with Crippen LogP contribution in [-0.2, 0) is 4.79 Å². The van der Waals surface area contributed by atoms with Gasteiger partial charge in [0.2, 0.25) is 0 Å². The van der Waals surface area contributed by atoms with Crippen LogP contribution in [0.4, 0.5) is 0 Å². The highest BCUT2D eigenvalue weighted by Crippen LogP contribution is 2.22. The average Bonchev–Trinajstić information content (AvgIpc) is 2.62. The van der Waals surface area contributed by atoms with Gasteiger partial charge in [-0.2, -0.15) is 0 Å². The van der Waals surface area contributed by atoms with E-state index < -0.39 is 0 Å². The van der Waals surface area contributed by atoms with Gasteiger partial charge < -0.3 is 5.11 Å². The molecule has 0 fully saturated rings. The second-order valence-electron chi connectivity index (χ2n) is 6.41. The van der Waals surface area contributed by atoms with Crippen LogP contribution < -0.4 is 0 Å². The van der Waals surface area contributed by atoms with E-state index in [9.17, 15) is 9.90 Å². The van der Waals surface area contributed by atoms with Crippen LogP contribution in [0, 0.1) is 11.8 Å². The monoisotopic (exact) mass is 323 g/mol. The number of benzene rings is 1. The quantitative estimate of drug-likeness (QED) is 0.465. The molecule has 0 radical (unpaired) electrons. The number of allylic oxidation sites excluding steroid dienone is 5. The third-order valence-electron chi connectivity index (χ3n) is 4.29. The summed E-state index contributed by atoms with van der Waals surface area (Å²) in [5.74, 6) is 0.00515. The number of nitrogens with zero attached hydrogens (tertiary/aromatic N) is 1. The average molecular weight is 323 g/mol. The first kappa shape index (κ1) is 17.9. The molecule has 0 aliphatic heterocycles. The van der Waals surface area contributed by atoms with Gasteiger partial charge >= 0.3 is 0 Å². The zero-order chi connectivity index (χ0) is 17.5. The Kier molecular flexibility index (Phi) is 6.30. The molecule has 0 amide bonds. The Labute approximate surface area is 144 Å². The van der Waals surface area contributed by atoms with E-state index in [-0.39, 0.29) is 29.1 Å². The molecule has 0 bridgehead atoms. The summed E-state index contributed by atoms with van der Waals surface area (Å²) in [5.41, 5.74) is 0.901. The Morgan fingerprint density at radius 1 is 1.21 bits per heavy atom. The Bertz CT molecular complexity index is 681. The molecule has 24 heavy (non-hydrogen) atoms. The van der Waals surface area contributed by atoms with Gasteiger partial charge in [-0.1, -0.05) is 68.5 Å². The molecule has 126 valence electrons. The number of ketones is 1. The Hall–Kier alpha value is -2.42. The molecule has 1 aliphatic carbocycles. The number of aliphatic hydroxyl groups excluding tert-OH is 1. The molecular formula is C21H25NO2. The summed E-state index contributed by atoms with van der Waals surface area (Å²) in [4.78, 5) is 17.4. The summed E-state index contributed by atoms with van der Waals surface area (Å²) < 4.78 is 0. The maximum atomic E-state index is 12.9. The van der Waals surface area contributed by atoms with Crippen LogP contribution in [-0.4, -0.2) is 23.1 Å². The van der Waals surface area contributed by atoms with Crippen molar-refractivity contribution in [3.05, 3.63) is 65.8 Å². The van der Waals surface area contributed by atoms with Crippen molar-refractivity contribution in [3.63, 3.8) is 0 Å². The fraction of sp³-hybridized carbons (Fsp3) is 0.333. The zero-order valence-electron chi connectivity index (χ0n) is 14.5. The van der Waals surface area contributed by atoms with Crippen LogP contribution in [0.3, 0.4) is 0 Å². The van der Waals surface area contributed by atoms with Gasteiger partial charge in [-0.25, -0.2) is 0 Å². The summed E-state index contributed by atoms with van der Waals surface area (Å²) in [6.45, 7) is 6.17. The molecule has 1 aromatic carbocycles. The lowest BCUT2D eigenvalue weighted by Gasteiger charge is -2.15. The number of aliphatic imine (C=N–C) groups is 1. The molecule has 0 saturated carbocycles. The predicted octanol–water partition coefficient (Wildman–Crippen LogP) is 4.77. The number of rotatable bonds is 6. The van der Waals surface area contributed by atoms with E-state index in [1.807, 2.05) is 49.4 Å². The minimum absolute atomic E-state index is 0.0109. The summed E-state index contributed by atoms with van der Waals surface area (Å²) >= 11 is 0. The van der Waals surface area contributed by atoms with Crippen LogP contribution >= 0.6 is 0 Å². The topological polar surface area (TPSA) is 49.7 Å². The molecule has 1 N–H and O–H groups in total. The summed E-state index contributed by atoms with van der Waals surface area (Å²) in [6, 6.07) is 9.22. The predicted molar refractivity (Wildman–Crippen MR) is 100 cm³/mol. The molecule has 0 saturated heterocycles. The van der Waals surface area contributed by atoms with Crippen LogP contribution in [0.1, 0.15) is 32.8 Å². The largest absolute Gasteiger partial charge is 0.507 e. The van der Waals surface area contributed by atoms with Crippen LogP contribution in [0.15, 0.2) is 65.2 Å². The van der Waals surface area contributed by atoms with Crippen molar-refractivity contribution >= 4 is 17.8 Å². The molecule has 0 heterocycles. The molecule has 3 heteroatoms. The van der Waals surface area contributed by atoms with Crippen LogP contribution in [0.2, 0.25) is 0 Å². The van der Waals surface area contributed by atoms with Gasteiger partial charge in [0.25, 0.3) is 0 Å². The Morgan fingerprint density at radius 2 is 1.92 bits per heavy atom. The molecule has 0 aromatic heterocycles. The fourth-order valence-electron chi connectivity index (χ4n) is 2.33. The first-order chi connectivity index (χ1) is 11.5. The van der Waals surface area contributed by atoms with Gasteiger partial charge in [0.05, 0.1) is 5.57 Å². The van der Waals surface area contributed by atoms with Crippen molar-refractivity contribution in [2.24, 2.45) is 16.8 Å². The van der Waals surface area contributed by atoms with E-state index in [0.29, 0.717) is 17.9 Å². The number of Topliss-reactive ketones (excluding diaryl/α,β-unsaturated/α-hetero) is 1. The standard InChI is InChI=1S/C21H25NO2/c1-15(2)16(3)22-14-19(20(23)17-10-6-4-7-11-17)21(24)18-12-8-5-9-13-18/h4-12,14-16,18,23H,13H2,1-3H3/t16-,18?/m1/s1. The van der Waals surface area contributed by atoms with Gasteiger partial charge in [-0.05, 0) is 19.3 Å². The van der Waals surface area contributed by atoms with Crippen LogP contribution in [0.25, 0.3) is 5.76 Å². The highest BCUT2D eigenvalue weighted by Gasteiger charge is 2.23. The van der Waals surface area contributed by atoms with Crippen molar-refractivity contribution in [1.82, 2.24) is 0 Å².